The van der Waals surface area contributed by atoms with E-state index in [-0.39, 0.29) is 36.8 Å². The molecule has 3 aliphatic rings. The molecule has 0 spiro atoms. The predicted molar refractivity (Wildman–Crippen MR) is 167 cm³/mol. The van der Waals surface area contributed by atoms with E-state index in [0.717, 1.165) is 38.5 Å². The first kappa shape index (κ1) is 33.9. The molecule has 0 saturated carbocycles. The highest BCUT2D eigenvalue weighted by atomic mass is 32.2. The van der Waals surface area contributed by atoms with Crippen molar-refractivity contribution >= 4 is 23.7 Å². The van der Waals surface area contributed by atoms with Crippen molar-refractivity contribution in [2.75, 3.05) is 5.75 Å². The highest BCUT2D eigenvalue weighted by molar-refractivity contribution is 8.03. The fraction of sp³-hybridized carbons (Fsp3) is 0.758. The Kier molecular flexibility index (Phi) is 14.5. The molecule has 0 radical (unpaired) electrons. The van der Waals surface area contributed by atoms with Crippen molar-refractivity contribution in [2.24, 2.45) is 41.2 Å². The molecule has 0 fully saturated rings. The summed E-state index contributed by atoms with van der Waals surface area (Å²) in [4.78, 5) is 24.1. The van der Waals surface area contributed by atoms with Crippen LogP contribution in [0, 0.1) is 35.5 Å². The van der Waals surface area contributed by atoms with Crippen LogP contribution in [0.25, 0.3) is 0 Å². The summed E-state index contributed by atoms with van der Waals surface area (Å²) in [6.45, 7) is 3.94. The van der Waals surface area contributed by atoms with E-state index in [0.29, 0.717) is 36.5 Å². The number of carboxylic acid groups (broad SMARTS) is 2. The maximum atomic E-state index is 11.6. The Labute approximate surface area is 251 Å². The van der Waals surface area contributed by atoms with Crippen LogP contribution in [-0.4, -0.2) is 51.3 Å². The van der Waals surface area contributed by atoms with Gasteiger partial charge in [0, 0.05) is 30.2 Å². The van der Waals surface area contributed by atoms with Gasteiger partial charge in [-0.2, -0.15) is 0 Å². The van der Waals surface area contributed by atoms with Crippen LogP contribution in [0.1, 0.15) is 97.3 Å². The zero-order chi connectivity index (χ0) is 29.8. The predicted octanol–water partition coefficient (Wildman–Crippen LogP) is 6.34. The van der Waals surface area contributed by atoms with E-state index in [1.807, 2.05) is 25.6 Å². The fourth-order valence-corrected chi connectivity index (χ4v) is 8.13. The average molecular weight is 591 g/mol. The van der Waals surface area contributed by atoms with Crippen LogP contribution in [0.5, 0.6) is 0 Å². The molecule has 9 atom stereocenters. The number of hydrogen-bond donors (Lipinski definition) is 5. The first-order chi connectivity index (χ1) is 19.6. The molecular formula is C33H54N2O5S. The van der Waals surface area contributed by atoms with Crippen molar-refractivity contribution in [1.82, 2.24) is 5.32 Å². The van der Waals surface area contributed by atoms with Gasteiger partial charge in [0.1, 0.15) is 6.23 Å². The minimum Gasteiger partial charge on any atom is -0.481 e. The molecule has 232 valence electrons. The summed E-state index contributed by atoms with van der Waals surface area (Å²) in [6.07, 6.45) is 22.0. The molecule has 0 amide bonds. The van der Waals surface area contributed by atoms with Crippen LogP contribution in [0.3, 0.4) is 0 Å². The summed E-state index contributed by atoms with van der Waals surface area (Å²) < 4.78 is 0. The van der Waals surface area contributed by atoms with Gasteiger partial charge in [0.25, 0.3) is 0 Å². The number of hydrogen-bond acceptors (Lipinski definition) is 6. The number of carboxylic acids is 2. The second kappa shape index (κ2) is 17.5. The molecule has 0 aromatic carbocycles. The maximum absolute atomic E-state index is 11.6. The van der Waals surface area contributed by atoms with Crippen molar-refractivity contribution in [1.29, 1.82) is 0 Å². The van der Waals surface area contributed by atoms with E-state index in [4.69, 9.17) is 10.8 Å². The van der Waals surface area contributed by atoms with E-state index in [9.17, 15) is 19.8 Å². The number of aliphatic hydroxyl groups is 1. The molecule has 41 heavy (non-hydrogen) atoms. The Balaban J connectivity index is 1.41. The monoisotopic (exact) mass is 590 g/mol. The summed E-state index contributed by atoms with van der Waals surface area (Å²) >= 11 is 2.04. The molecule has 8 heteroatoms. The topological polar surface area (TPSA) is 133 Å². The lowest BCUT2D eigenvalue weighted by Gasteiger charge is -2.29. The molecule has 1 aliphatic heterocycles. The van der Waals surface area contributed by atoms with Gasteiger partial charge >= 0.3 is 11.9 Å². The Bertz CT molecular complexity index is 919. The second-order valence-electron chi connectivity index (χ2n) is 12.8. The Hall–Kier alpha value is -1.61. The summed E-state index contributed by atoms with van der Waals surface area (Å²) in [7, 11) is 0. The first-order valence-corrected chi connectivity index (χ1v) is 16.9. The molecule has 0 saturated heterocycles. The molecule has 0 bridgehead atoms. The minimum atomic E-state index is -0.876. The van der Waals surface area contributed by atoms with Crippen molar-refractivity contribution in [3.05, 3.63) is 35.3 Å². The standard InChI is InChI=1S/C33H54N2O5S/c1-22(7-6-10-25(23(2)34)16-18-32(37)38)29(20-33(39)40)35-31(36)17-13-24-11-14-27(15-12-24)30-19-28(21-41-30)26-8-4-3-5-9-26/h4,8,11,14,19,22-29,31,35-36H,3,5-7,9-10,12-13,15-18,20-21,34H2,1-2H3,(H,37,38)(H,39,40)/t22?,23?,24?,25?,26-,27?,28?,29?,31?/m0/s1. The van der Waals surface area contributed by atoms with E-state index < -0.39 is 18.2 Å². The van der Waals surface area contributed by atoms with Crippen LogP contribution in [-0.2, 0) is 9.59 Å². The Morgan fingerprint density at radius 2 is 1.83 bits per heavy atom. The van der Waals surface area contributed by atoms with Crippen LogP contribution < -0.4 is 11.1 Å². The van der Waals surface area contributed by atoms with Crippen molar-refractivity contribution in [3.63, 3.8) is 0 Å². The molecule has 8 unspecified atom stereocenters. The number of allylic oxidation sites excluding steroid dienone is 6. The lowest BCUT2D eigenvalue weighted by Crippen LogP contribution is -2.43. The van der Waals surface area contributed by atoms with Gasteiger partial charge in [0.05, 0.1) is 6.42 Å². The molecule has 7 nitrogen and oxygen atoms in total. The first-order valence-electron chi connectivity index (χ1n) is 15.9. The third kappa shape index (κ3) is 11.9. The largest absolute Gasteiger partial charge is 0.481 e. The summed E-state index contributed by atoms with van der Waals surface area (Å²) in [5.74, 6) is 2.10. The maximum Gasteiger partial charge on any atom is 0.304 e. The third-order valence-corrected chi connectivity index (χ3v) is 10.8. The second-order valence-corrected chi connectivity index (χ2v) is 13.9. The zero-order valence-corrected chi connectivity index (χ0v) is 25.9. The molecular weight excluding hydrogens is 536 g/mol. The number of carbonyl (C=O) groups is 2. The third-order valence-electron chi connectivity index (χ3n) is 9.50. The summed E-state index contributed by atoms with van der Waals surface area (Å²) in [5.41, 5.74) is 6.07. The van der Waals surface area contributed by atoms with E-state index in [1.165, 1.54) is 25.0 Å². The molecule has 6 N–H and O–H groups in total. The number of nitrogens with one attached hydrogen (secondary N) is 1. The lowest BCUT2D eigenvalue weighted by molar-refractivity contribution is -0.138. The smallest absolute Gasteiger partial charge is 0.304 e. The highest BCUT2D eigenvalue weighted by Gasteiger charge is 2.29. The quantitative estimate of drug-likeness (QED) is 0.0923. The van der Waals surface area contributed by atoms with Crippen LogP contribution in [0.15, 0.2) is 35.3 Å². The van der Waals surface area contributed by atoms with Gasteiger partial charge < -0.3 is 21.1 Å². The van der Waals surface area contributed by atoms with Gasteiger partial charge in [-0.1, -0.05) is 43.7 Å². The van der Waals surface area contributed by atoms with Gasteiger partial charge in [0.2, 0.25) is 0 Å². The van der Waals surface area contributed by atoms with E-state index in [2.05, 4.69) is 35.7 Å². The van der Waals surface area contributed by atoms with Gasteiger partial charge in [-0.3, -0.25) is 14.9 Å². The van der Waals surface area contributed by atoms with E-state index in [1.54, 1.807) is 4.91 Å². The van der Waals surface area contributed by atoms with Crippen LogP contribution >= 0.6 is 11.8 Å². The zero-order valence-electron chi connectivity index (χ0n) is 25.1. The highest BCUT2D eigenvalue weighted by Crippen LogP contribution is 2.43. The normalized spacial score (nSPS) is 28.0. The van der Waals surface area contributed by atoms with Gasteiger partial charge in [0.15, 0.2) is 0 Å². The average Bonchev–Trinajstić information content (AvgIpc) is 3.44. The molecule has 2 aliphatic carbocycles. The fourth-order valence-electron chi connectivity index (χ4n) is 6.73. The Morgan fingerprint density at radius 3 is 2.46 bits per heavy atom. The van der Waals surface area contributed by atoms with Crippen molar-refractivity contribution in [3.8, 4) is 0 Å². The molecule has 1 heterocycles. The van der Waals surface area contributed by atoms with Gasteiger partial charge in [-0.15, -0.1) is 11.8 Å². The van der Waals surface area contributed by atoms with Crippen LogP contribution in [0.4, 0.5) is 0 Å². The van der Waals surface area contributed by atoms with Gasteiger partial charge in [-0.05, 0) is 106 Å². The van der Waals surface area contributed by atoms with Crippen LogP contribution in [0.2, 0.25) is 0 Å². The SMILES string of the molecule is CC(N)C(CCCC(C)C(CC(=O)O)NC(O)CCC1C=CC(C2=CC([C@H]3C=CCCC3)CS2)CC1)CCC(=O)O. The van der Waals surface area contributed by atoms with Crippen molar-refractivity contribution in [2.45, 2.75) is 116 Å². The number of thioether (sulfide) groups is 1. The Morgan fingerprint density at radius 1 is 1.02 bits per heavy atom. The molecule has 0 aromatic heterocycles. The number of rotatable bonds is 18. The number of aliphatic hydroxyl groups excluding tert-OH is 1. The van der Waals surface area contributed by atoms with Gasteiger partial charge in [-0.25, -0.2) is 0 Å². The molecule has 3 rings (SSSR count). The number of nitrogens with two attached hydrogens (primary N) is 1. The minimum absolute atomic E-state index is 0.0383. The van der Waals surface area contributed by atoms with E-state index >= 15 is 0 Å². The lowest BCUT2D eigenvalue weighted by atomic mass is 9.82. The van der Waals surface area contributed by atoms with Crippen molar-refractivity contribution < 1.29 is 24.9 Å². The number of aliphatic carboxylic acids is 2. The summed E-state index contributed by atoms with van der Waals surface area (Å²) in [5, 5.41) is 32.5. The summed E-state index contributed by atoms with van der Waals surface area (Å²) in [6, 6.07) is -0.395. The molecule has 0 aromatic rings.